The van der Waals surface area contributed by atoms with E-state index in [-0.39, 0.29) is 17.9 Å². The van der Waals surface area contributed by atoms with Gasteiger partial charge in [-0.15, -0.1) is 0 Å². The van der Waals surface area contributed by atoms with E-state index in [0.717, 1.165) is 44.2 Å². The van der Waals surface area contributed by atoms with Gasteiger partial charge in [-0.1, -0.05) is 42.7 Å². The van der Waals surface area contributed by atoms with Crippen molar-refractivity contribution in [3.05, 3.63) is 53.6 Å². The number of nitrogens with one attached hydrogen (secondary N) is 1. The van der Waals surface area contributed by atoms with Gasteiger partial charge in [-0.05, 0) is 49.9 Å². The normalized spacial score (nSPS) is 17.2. The maximum absolute atomic E-state index is 13.3. The third-order valence-corrected chi connectivity index (χ3v) is 6.23. The Morgan fingerprint density at radius 1 is 1.10 bits per heavy atom. The predicted octanol–water partition coefficient (Wildman–Crippen LogP) is 4.96. The Morgan fingerprint density at radius 2 is 1.90 bits per heavy atom. The zero-order valence-electron chi connectivity index (χ0n) is 18.4. The fourth-order valence-electron chi connectivity index (χ4n) is 4.59. The van der Waals surface area contributed by atoms with Crippen molar-refractivity contribution in [1.29, 1.82) is 0 Å². The van der Waals surface area contributed by atoms with Crippen molar-refractivity contribution in [2.45, 2.75) is 45.6 Å². The maximum Gasteiger partial charge on any atom is 0.324 e. The highest BCUT2D eigenvalue weighted by Crippen LogP contribution is 2.34. The van der Waals surface area contributed by atoms with Crippen LogP contribution in [-0.2, 0) is 11.3 Å². The van der Waals surface area contributed by atoms with Gasteiger partial charge < -0.3 is 15.0 Å². The van der Waals surface area contributed by atoms with Crippen LogP contribution in [0.15, 0.2) is 42.5 Å². The average Bonchev–Trinajstić information content (AvgIpc) is 3.30. The summed E-state index contributed by atoms with van der Waals surface area (Å²) in [7, 11) is 1.61. The summed E-state index contributed by atoms with van der Waals surface area (Å²) in [5, 5.41) is 3.04. The molecule has 1 N–H and O–H groups in total. The Labute approximate surface area is 184 Å². The van der Waals surface area contributed by atoms with Gasteiger partial charge in [-0.3, -0.25) is 9.69 Å². The fourth-order valence-corrected chi connectivity index (χ4v) is 4.59. The molecule has 2 aliphatic rings. The van der Waals surface area contributed by atoms with Gasteiger partial charge in [0.1, 0.15) is 5.75 Å². The van der Waals surface area contributed by atoms with Gasteiger partial charge in [0.2, 0.25) is 5.91 Å². The minimum absolute atomic E-state index is 0.0367. The molecule has 0 aromatic heterocycles. The number of anilines is 2. The lowest BCUT2D eigenvalue weighted by Gasteiger charge is -2.36. The second-order valence-electron chi connectivity index (χ2n) is 8.56. The van der Waals surface area contributed by atoms with Gasteiger partial charge in [0, 0.05) is 31.2 Å². The third-order valence-electron chi connectivity index (χ3n) is 6.23. The van der Waals surface area contributed by atoms with E-state index in [2.05, 4.69) is 30.4 Å². The Kier molecular flexibility index (Phi) is 6.44. The van der Waals surface area contributed by atoms with Gasteiger partial charge in [0.25, 0.3) is 0 Å². The summed E-state index contributed by atoms with van der Waals surface area (Å²) >= 11 is 0. The topological polar surface area (TPSA) is 61.9 Å². The van der Waals surface area contributed by atoms with Crippen molar-refractivity contribution in [2.75, 3.05) is 30.4 Å². The number of aryl methyl sites for hydroxylation is 1. The molecule has 1 aliphatic carbocycles. The van der Waals surface area contributed by atoms with Crippen molar-refractivity contribution in [3.8, 4) is 5.75 Å². The van der Waals surface area contributed by atoms with Crippen LogP contribution in [0.3, 0.4) is 0 Å². The molecule has 6 nitrogen and oxygen atoms in total. The quantitative estimate of drug-likeness (QED) is 0.717. The van der Waals surface area contributed by atoms with Crippen LogP contribution < -0.4 is 15.0 Å². The lowest BCUT2D eigenvalue weighted by Crippen LogP contribution is -2.49. The lowest BCUT2D eigenvalue weighted by molar-refractivity contribution is -0.119. The molecule has 4 rings (SSSR count). The second kappa shape index (κ2) is 9.41. The molecule has 1 saturated heterocycles. The van der Waals surface area contributed by atoms with Crippen molar-refractivity contribution in [2.24, 2.45) is 5.92 Å². The molecule has 1 saturated carbocycles. The number of ether oxygens (including phenoxy) is 1. The Morgan fingerprint density at radius 3 is 2.65 bits per heavy atom. The molecule has 2 aromatic rings. The van der Waals surface area contributed by atoms with E-state index in [1.54, 1.807) is 12.0 Å². The van der Waals surface area contributed by atoms with Crippen molar-refractivity contribution < 1.29 is 14.3 Å². The number of methoxy groups -OCH3 is 1. The molecule has 1 heterocycles. The van der Waals surface area contributed by atoms with E-state index >= 15 is 0 Å². The van der Waals surface area contributed by atoms with Gasteiger partial charge in [0.05, 0.1) is 12.8 Å². The zero-order valence-corrected chi connectivity index (χ0v) is 18.4. The molecule has 3 amide bonds. The summed E-state index contributed by atoms with van der Waals surface area (Å²) in [5.74, 6) is 0.788. The van der Waals surface area contributed by atoms with Crippen molar-refractivity contribution >= 4 is 23.3 Å². The van der Waals surface area contributed by atoms with Gasteiger partial charge in [-0.2, -0.15) is 0 Å². The standard InChI is InChI=1S/C25H31N3O3/c1-18-7-5-8-19(15-18)17-27-13-6-14-28(25(27)30)22-16-21(11-12-23(22)31-2)26-24(29)20-9-3-4-10-20/h5,7-8,11-12,15-16,20H,3-4,6,9-10,13-14,17H2,1-2H3,(H,26,29). The number of hydrogen-bond donors (Lipinski definition) is 1. The smallest absolute Gasteiger partial charge is 0.324 e. The molecular formula is C25H31N3O3. The van der Waals surface area contributed by atoms with Crippen LogP contribution in [0.1, 0.15) is 43.2 Å². The molecule has 2 aromatic carbocycles. The molecule has 6 heteroatoms. The predicted molar refractivity (Wildman–Crippen MR) is 123 cm³/mol. The Bertz CT molecular complexity index is 953. The van der Waals surface area contributed by atoms with Crippen molar-refractivity contribution in [1.82, 2.24) is 4.90 Å². The van der Waals surface area contributed by atoms with Crippen LogP contribution in [0.5, 0.6) is 5.75 Å². The van der Waals surface area contributed by atoms with Crippen LogP contribution >= 0.6 is 0 Å². The molecular weight excluding hydrogens is 390 g/mol. The number of urea groups is 1. The summed E-state index contributed by atoms with van der Waals surface area (Å²) in [5.41, 5.74) is 3.72. The number of rotatable bonds is 6. The van der Waals surface area contributed by atoms with E-state index in [9.17, 15) is 9.59 Å². The van der Waals surface area contributed by atoms with E-state index in [4.69, 9.17) is 4.74 Å². The molecule has 2 fully saturated rings. The average molecular weight is 422 g/mol. The number of carbonyl (C=O) groups is 2. The zero-order chi connectivity index (χ0) is 21.8. The molecule has 1 aliphatic heterocycles. The highest BCUT2D eigenvalue weighted by molar-refractivity contribution is 5.97. The SMILES string of the molecule is COc1ccc(NC(=O)C2CCCC2)cc1N1CCCN(Cc2cccc(C)c2)C1=O. The third kappa shape index (κ3) is 4.84. The molecule has 0 atom stereocenters. The Hall–Kier alpha value is -3.02. The maximum atomic E-state index is 13.3. The molecule has 164 valence electrons. The molecule has 31 heavy (non-hydrogen) atoms. The van der Waals surface area contributed by atoms with E-state index < -0.39 is 0 Å². The van der Waals surface area contributed by atoms with Crippen LogP contribution in [0.4, 0.5) is 16.2 Å². The molecule has 0 spiro atoms. The second-order valence-corrected chi connectivity index (χ2v) is 8.56. The van der Waals surface area contributed by atoms with Gasteiger partial charge in [-0.25, -0.2) is 4.79 Å². The summed E-state index contributed by atoms with van der Waals surface area (Å²) in [6, 6.07) is 13.7. The number of amides is 3. The lowest BCUT2D eigenvalue weighted by atomic mass is 10.1. The van der Waals surface area contributed by atoms with Gasteiger partial charge >= 0.3 is 6.03 Å². The first-order chi connectivity index (χ1) is 15.0. The first kappa shape index (κ1) is 21.2. The minimum Gasteiger partial charge on any atom is -0.495 e. The number of carbonyl (C=O) groups excluding carboxylic acids is 2. The van der Waals surface area contributed by atoms with E-state index in [1.165, 1.54) is 5.56 Å². The highest BCUT2D eigenvalue weighted by Gasteiger charge is 2.29. The van der Waals surface area contributed by atoms with E-state index in [0.29, 0.717) is 30.2 Å². The van der Waals surface area contributed by atoms with Crippen LogP contribution in [0.2, 0.25) is 0 Å². The number of hydrogen-bond acceptors (Lipinski definition) is 3. The number of nitrogens with zero attached hydrogens (tertiary/aromatic N) is 2. The van der Waals surface area contributed by atoms with Crippen LogP contribution in [0, 0.1) is 12.8 Å². The number of benzene rings is 2. The Balaban J connectivity index is 1.53. The van der Waals surface area contributed by atoms with Gasteiger partial charge in [0.15, 0.2) is 0 Å². The fraction of sp³-hybridized carbons (Fsp3) is 0.440. The first-order valence-corrected chi connectivity index (χ1v) is 11.2. The summed E-state index contributed by atoms with van der Waals surface area (Å²) < 4.78 is 5.55. The highest BCUT2D eigenvalue weighted by atomic mass is 16.5. The molecule has 0 radical (unpaired) electrons. The molecule has 0 unspecified atom stereocenters. The first-order valence-electron chi connectivity index (χ1n) is 11.2. The van der Waals surface area contributed by atoms with Crippen molar-refractivity contribution in [3.63, 3.8) is 0 Å². The summed E-state index contributed by atoms with van der Waals surface area (Å²) in [4.78, 5) is 29.6. The monoisotopic (exact) mass is 421 g/mol. The largest absolute Gasteiger partial charge is 0.495 e. The molecule has 0 bridgehead atoms. The summed E-state index contributed by atoms with van der Waals surface area (Å²) in [6.07, 6.45) is 5.01. The van der Waals surface area contributed by atoms with Crippen LogP contribution in [0.25, 0.3) is 0 Å². The van der Waals surface area contributed by atoms with E-state index in [1.807, 2.05) is 29.2 Å². The van der Waals surface area contributed by atoms with Crippen LogP contribution in [-0.4, -0.2) is 37.0 Å². The minimum atomic E-state index is -0.0367. The summed E-state index contributed by atoms with van der Waals surface area (Å²) in [6.45, 7) is 3.99.